The fourth-order valence-corrected chi connectivity index (χ4v) is 3.02. The van der Waals surface area contributed by atoms with Gasteiger partial charge in [-0.25, -0.2) is 0 Å². The van der Waals surface area contributed by atoms with Crippen LogP contribution >= 0.6 is 0 Å². The van der Waals surface area contributed by atoms with Crippen LogP contribution in [0.3, 0.4) is 0 Å². The summed E-state index contributed by atoms with van der Waals surface area (Å²) in [5.74, 6) is 0.0228. The summed E-state index contributed by atoms with van der Waals surface area (Å²) in [5.41, 5.74) is -0.869. The number of non-ortho nitro benzene ring substituents is 2. The van der Waals surface area contributed by atoms with E-state index in [4.69, 9.17) is 4.42 Å². The Morgan fingerprint density at radius 3 is 2.15 bits per heavy atom. The normalized spacial score (nSPS) is 11.0. The highest BCUT2D eigenvalue weighted by atomic mass is 16.6. The molecule has 8 heteroatoms. The Labute approximate surface area is 150 Å². The van der Waals surface area contributed by atoms with Gasteiger partial charge >= 0.3 is 0 Å². The Morgan fingerprint density at radius 1 is 0.815 bits per heavy atom. The maximum atomic E-state index is 12.7. The molecule has 0 N–H and O–H groups in total. The van der Waals surface area contributed by atoms with Gasteiger partial charge in [0, 0.05) is 23.8 Å². The van der Waals surface area contributed by atoms with Gasteiger partial charge in [0.25, 0.3) is 11.4 Å². The topological polar surface area (TPSA) is 116 Å². The van der Waals surface area contributed by atoms with E-state index in [2.05, 4.69) is 0 Å². The highest BCUT2D eigenvalue weighted by molar-refractivity contribution is 6.05. The fourth-order valence-electron chi connectivity index (χ4n) is 3.02. The highest BCUT2D eigenvalue weighted by Gasteiger charge is 2.19. The molecule has 0 spiro atoms. The molecule has 0 unspecified atom stereocenters. The maximum absolute atomic E-state index is 12.7. The first-order chi connectivity index (χ1) is 12.9. The first kappa shape index (κ1) is 16.4. The average Bonchev–Trinajstić information content (AvgIpc) is 2.67. The molecule has 3 aromatic carbocycles. The van der Waals surface area contributed by atoms with Crippen LogP contribution in [-0.4, -0.2) is 9.85 Å². The first-order valence-corrected chi connectivity index (χ1v) is 7.84. The Morgan fingerprint density at radius 2 is 1.48 bits per heavy atom. The van der Waals surface area contributed by atoms with Gasteiger partial charge in [0.1, 0.15) is 11.3 Å². The van der Waals surface area contributed by atoms with E-state index in [9.17, 15) is 25.0 Å². The summed E-state index contributed by atoms with van der Waals surface area (Å²) in [5, 5.41) is 24.1. The number of nitro groups is 2. The van der Waals surface area contributed by atoms with Crippen molar-refractivity contribution in [2.75, 3.05) is 0 Å². The predicted octanol–water partition coefficient (Wildman–Crippen LogP) is 4.43. The minimum Gasteiger partial charge on any atom is -0.456 e. The van der Waals surface area contributed by atoms with Crippen molar-refractivity contribution in [2.24, 2.45) is 0 Å². The zero-order valence-electron chi connectivity index (χ0n) is 13.6. The van der Waals surface area contributed by atoms with Gasteiger partial charge in [-0.2, -0.15) is 0 Å². The molecule has 0 bridgehead atoms. The first-order valence-electron chi connectivity index (χ1n) is 7.84. The summed E-state index contributed by atoms with van der Waals surface area (Å²) in [6, 6.07) is 15.1. The Balaban J connectivity index is 2.00. The number of nitro benzene ring substituents is 2. The molecule has 4 aromatic rings. The number of rotatable bonds is 3. The van der Waals surface area contributed by atoms with Crippen molar-refractivity contribution >= 4 is 33.1 Å². The second-order valence-corrected chi connectivity index (χ2v) is 5.89. The fraction of sp³-hybridized carbons (Fsp3) is 0. The second kappa shape index (κ2) is 6.03. The van der Waals surface area contributed by atoms with Crippen LogP contribution in [0.25, 0.3) is 33.1 Å². The summed E-state index contributed by atoms with van der Waals surface area (Å²) in [4.78, 5) is 33.4. The van der Waals surface area contributed by atoms with E-state index in [1.54, 1.807) is 24.3 Å². The number of nitrogens with zero attached hydrogens (tertiary/aromatic N) is 2. The average molecular weight is 362 g/mol. The van der Waals surface area contributed by atoms with Crippen LogP contribution in [0, 0.1) is 20.2 Å². The third-order valence-electron chi connectivity index (χ3n) is 4.23. The second-order valence-electron chi connectivity index (χ2n) is 5.89. The molecule has 1 aromatic heterocycles. The maximum Gasteiger partial charge on any atom is 0.277 e. The molecular formula is C19H10N2O6. The lowest BCUT2D eigenvalue weighted by Gasteiger charge is -2.06. The molecule has 8 nitrogen and oxygen atoms in total. The van der Waals surface area contributed by atoms with Crippen LogP contribution in [0.1, 0.15) is 0 Å². The molecule has 0 saturated carbocycles. The van der Waals surface area contributed by atoms with E-state index in [1.807, 2.05) is 12.1 Å². The molecule has 0 aliphatic heterocycles. The van der Waals surface area contributed by atoms with E-state index in [0.29, 0.717) is 11.0 Å². The smallest absolute Gasteiger partial charge is 0.277 e. The van der Waals surface area contributed by atoms with Crippen molar-refractivity contribution in [1.82, 2.24) is 0 Å². The van der Waals surface area contributed by atoms with Gasteiger partial charge in [-0.3, -0.25) is 25.0 Å². The lowest BCUT2D eigenvalue weighted by atomic mass is 10.0. The van der Waals surface area contributed by atoms with Crippen LogP contribution in [0.2, 0.25) is 0 Å². The third kappa shape index (κ3) is 2.78. The molecule has 0 atom stereocenters. The minimum atomic E-state index is -0.733. The van der Waals surface area contributed by atoms with Crippen LogP contribution in [-0.2, 0) is 0 Å². The van der Waals surface area contributed by atoms with Crippen molar-refractivity contribution in [3.05, 3.63) is 91.1 Å². The summed E-state index contributed by atoms with van der Waals surface area (Å²) in [7, 11) is 0. The molecule has 0 radical (unpaired) electrons. The summed E-state index contributed by atoms with van der Waals surface area (Å²) in [6.07, 6.45) is 0. The lowest BCUT2D eigenvalue weighted by molar-refractivity contribution is -0.394. The molecular weight excluding hydrogens is 352 g/mol. The molecule has 0 amide bonds. The Bertz CT molecular complexity index is 1280. The van der Waals surface area contributed by atoms with E-state index < -0.39 is 21.2 Å². The van der Waals surface area contributed by atoms with E-state index in [-0.39, 0.29) is 16.8 Å². The number of benzene rings is 3. The van der Waals surface area contributed by atoms with Gasteiger partial charge in [0.15, 0.2) is 5.43 Å². The molecule has 1 heterocycles. The third-order valence-corrected chi connectivity index (χ3v) is 4.23. The van der Waals surface area contributed by atoms with Crippen LogP contribution in [0.15, 0.2) is 69.9 Å². The quantitative estimate of drug-likeness (QED) is 0.302. The Kier molecular flexibility index (Phi) is 3.66. The zero-order chi connectivity index (χ0) is 19.1. The molecule has 132 valence electrons. The zero-order valence-corrected chi connectivity index (χ0v) is 13.6. The van der Waals surface area contributed by atoms with Crippen molar-refractivity contribution in [2.45, 2.75) is 0 Å². The van der Waals surface area contributed by atoms with Crippen molar-refractivity contribution in [3.63, 3.8) is 0 Å². The molecule has 0 saturated heterocycles. The number of hydrogen-bond acceptors (Lipinski definition) is 6. The van der Waals surface area contributed by atoms with Crippen molar-refractivity contribution in [3.8, 4) is 11.3 Å². The molecule has 0 fully saturated rings. The van der Waals surface area contributed by atoms with E-state index in [1.165, 1.54) is 6.07 Å². The minimum absolute atomic E-state index is 0.0228. The highest BCUT2D eigenvalue weighted by Crippen LogP contribution is 2.31. The van der Waals surface area contributed by atoms with E-state index >= 15 is 0 Å². The SMILES string of the molecule is O=c1cc(-c2cc([N+](=O)[O-])cc([N+](=O)[O-])c2)oc2ccc3ccccc3c12. The molecule has 4 rings (SSSR count). The summed E-state index contributed by atoms with van der Waals surface area (Å²) >= 11 is 0. The lowest BCUT2D eigenvalue weighted by Crippen LogP contribution is -2.01. The van der Waals surface area contributed by atoms with Gasteiger partial charge in [-0.15, -0.1) is 0 Å². The predicted molar refractivity (Wildman–Crippen MR) is 98.7 cm³/mol. The van der Waals surface area contributed by atoms with Gasteiger partial charge in [-0.05, 0) is 16.8 Å². The van der Waals surface area contributed by atoms with Crippen LogP contribution in [0.5, 0.6) is 0 Å². The molecule has 27 heavy (non-hydrogen) atoms. The number of hydrogen-bond donors (Lipinski definition) is 0. The summed E-state index contributed by atoms with van der Waals surface area (Å²) < 4.78 is 5.76. The molecule has 0 aliphatic carbocycles. The van der Waals surface area contributed by atoms with Crippen molar-refractivity contribution < 1.29 is 14.3 Å². The standard InChI is InChI=1S/C19H10N2O6/c22-16-10-18(12-7-13(20(23)24)9-14(8-12)21(25)26)27-17-6-5-11-3-1-2-4-15(11)19(16)17/h1-10H. The largest absolute Gasteiger partial charge is 0.456 e. The molecule has 0 aliphatic rings. The summed E-state index contributed by atoms with van der Waals surface area (Å²) in [6.45, 7) is 0. The van der Waals surface area contributed by atoms with Gasteiger partial charge in [0.2, 0.25) is 0 Å². The van der Waals surface area contributed by atoms with Crippen molar-refractivity contribution in [1.29, 1.82) is 0 Å². The monoisotopic (exact) mass is 362 g/mol. The number of fused-ring (bicyclic) bond motifs is 3. The van der Waals surface area contributed by atoms with Gasteiger partial charge < -0.3 is 4.42 Å². The Hall–Kier alpha value is -4.07. The van der Waals surface area contributed by atoms with E-state index in [0.717, 1.165) is 29.0 Å². The van der Waals surface area contributed by atoms with Crippen LogP contribution < -0.4 is 5.43 Å². The van der Waals surface area contributed by atoms with Gasteiger partial charge in [-0.1, -0.05) is 30.3 Å². The van der Waals surface area contributed by atoms with Gasteiger partial charge in [0.05, 0.1) is 21.3 Å². The van der Waals surface area contributed by atoms with Crippen LogP contribution in [0.4, 0.5) is 11.4 Å².